The molecule has 2 heterocycles. The Bertz CT molecular complexity index is 1310. The van der Waals surface area contributed by atoms with Gasteiger partial charge in [-0.25, -0.2) is 9.59 Å². The van der Waals surface area contributed by atoms with Crippen LogP contribution in [0, 0.1) is 19.3 Å². The smallest absolute Gasteiger partial charge is 0.431 e. The van der Waals surface area contributed by atoms with E-state index in [1.54, 1.807) is 20.8 Å². The van der Waals surface area contributed by atoms with E-state index in [4.69, 9.17) is 34.6 Å². The monoisotopic (exact) mass is 534 g/mol. The summed E-state index contributed by atoms with van der Waals surface area (Å²) in [5.74, 6) is 2.01. The SMILES string of the molecule is C#CCONC(=O)OC1C(O)C(Oc2ccc3c(O)c(/C(C)=N/OC)c(=O)oc3c2C)OC(C)(C)C1OC. The number of amides is 1. The molecule has 0 bridgehead atoms. The normalized spacial score (nSPS) is 22.9. The summed E-state index contributed by atoms with van der Waals surface area (Å²) in [7, 11) is 2.69. The van der Waals surface area contributed by atoms with Gasteiger partial charge in [0.1, 0.15) is 42.5 Å². The highest BCUT2D eigenvalue weighted by molar-refractivity contribution is 6.04. The van der Waals surface area contributed by atoms with Gasteiger partial charge in [-0.2, -0.15) is 5.48 Å². The van der Waals surface area contributed by atoms with E-state index >= 15 is 0 Å². The molecule has 1 aliphatic heterocycles. The minimum Gasteiger partial charge on any atom is -0.506 e. The number of aromatic hydroxyl groups is 1. The zero-order valence-corrected chi connectivity index (χ0v) is 21.8. The topological polar surface area (TPSA) is 168 Å². The molecule has 3 N–H and O–H groups in total. The van der Waals surface area contributed by atoms with Crippen LogP contribution >= 0.6 is 0 Å². The number of hydroxylamine groups is 1. The summed E-state index contributed by atoms with van der Waals surface area (Å²) >= 11 is 0. The van der Waals surface area contributed by atoms with Crippen LogP contribution in [0.25, 0.3) is 11.0 Å². The second-order valence-corrected chi connectivity index (χ2v) is 8.86. The van der Waals surface area contributed by atoms with Crippen molar-refractivity contribution in [3.63, 3.8) is 0 Å². The summed E-state index contributed by atoms with van der Waals surface area (Å²) < 4.78 is 28.2. The molecule has 38 heavy (non-hydrogen) atoms. The summed E-state index contributed by atoms with van der Waals surface area (Å²) in [6, 6.07) is 2.98. The highest BCUT2D eigenvalue weighted by atomic mass is 16.7. The molecule has 4 unspecified atom stereocenters. The molecular weight excluding hydrogens is 504 g/mol. The van der Waals surface area contributed by atoms with E-state index in [9.17, 15) is 19.8 Å². The second-order valence-electron chi connectivity index (χ2n) is 8.86. The number of nitrogens with one attached hydrogen (secondary N) is 1. The number of carbonyl (C=O) groups excluding carboxylic acids is 1. The Kier molecular flexibility index (Phi) is 8.85. The lowest BCUT2D eigenvalue weighted by Gasteiger charge is -2.47. The first kappa shape index (κ1) is 28.7. The van der Waals surface area contributed by atoms with Crippen molar-refractivity contribution in [3.8, 4) is 23.8 Å². The lowest BCUT2D eigenvalue weighted by atomic mass is 9.89. The third-order valence-electron chi connectivity index (χ3n) is 5.91. The van der Waals surface area contributed by atoms with Gasteiger partial charge in [0.2, 0.25) is 6.29 Å². The van der Waals surface area contributed by atoms with E-state index < -0.39 is 41.9 Å². The fourth-order valence-corrected chi connectivity index (χ4v) is 4.21. The van der Waals surface area contributed by atoms with Gasteiger partial charge in [0.15, 0.2) is 12.2 Å². The van der Waals surface area contributed by atoms with Gasteiger partial charge in [-0.1, -0.05) is 11.1 Å². The fraction of sp³-hybridized carbons (Fsp3) is 0.480. The van der Waals surface area contributed by atoms with Crippen molar-refractivity contribution in [1.29, 1.82) is 0 Å². The molecular formula is C25H30N2O11. The van der Waals surface area contributed by atoms with E-state index in [0.29, 0.717) is 5.56 Å². The highest BCUT2D eigenvalue weighted by Gasteiger charge is 2.53. The molecule has 0 aliphatic carbocycles. The third-order valence-corrected chi connectivity index (χ3v) is 5.91. The van der Waals surface area contributed by atoms with Crippen LogP contribution in [0.3, 0.4) is 0 Å². The van der Waals surface area contributed by atoms with Gasteiger partial charge >= 0.3 is 11.7 Å². The maximum Gasteiger partial charge on any atom is 0.431 e. The number of ether oxygens (including phenoxy) is 4. The van der Waals surface area contributed by atoms with Crippen molar-refractivity contribution < 1.29 is 48.0 Å². The number of hydrogen-bond acceptors (Lipinski definition) is 12. The molecule has 1 fully saturated rings. The van der Waals surface area contributed by atoms with E-state index in [-0.39, 0.29) is 40.4 Å². The summed E-state index contributed by atoms with van der Waals surface area (Å²) in [6.07, 6.45) is -0.916. The molecule has 0 radical (unpaired) electrons. The third kappa shape index (κ3) is 5.68. The van der Waals surface area contributed by atoms with Crippen LogP contribution in [0.4, 0.5) is 4.79 Å². The van der Waals surface area contributed by atoms with Gasteiger partial charge < -0.3 is 38.4 Å². The van der Waals surface area contributed by atoms with E-state index in [0.717, 1.165) is 0 Å². The molecule has 2 aromatic rings. The minimum absolute atomic E-state index is 0.0520. The Labute approximate surface area is 218 Å². The number of terminal acetylenes is 1. The lowest BCUT2D eigenvalue weighted by Crippen LogP contribution is -2.65. The zero-order valence-electron chi connectivity index (χ0n) is 21.8. The number of oxime groups is 1. The predicted molar refractivity (Wildman–Crippen MR) is 133 cm³/mol. The first-order valence-corrected chi connectivity index (χ1v) is 11.4. The Hall–Kier alpha value is -3.83. The van der Waals surface area contributed by atoms with Crippen molar-refractivity contribution >= 4 is 22.8 Å². The summed E-state index contributed by atoms with van der Waals surface area (Å²) in [6.45, 7) is 6.23. The quantitative estimate of drug-likeness (QED) is 0.148. The van der Waals surface area contributed by atoms with Gasteiger partial charge in [-0.05, 0) is 39.8 Å². The molecule has 1 aromatic heterocycles. The maximum atomic E-state index is 12.6. The van der Waals surface area contributed by atoms with Gasteiger partial charge in [0, 0.05) is 12.7 Å². The molecule has 0 saturated carbocycles. The zero-order chi connectivity index (χ0) is 28.2. The van der Waals surface area contributed by atoms with E-state index in [1.807, 2.05) is 5.48 Å². The van der Waals surface area contributed by atoms with Crippen LogP contribution in [0.5, 0.6) is 11.5 Å². The molecule has 4 atom stereocenters. The van der Waals surface area contributed by atoms with Crippen molar-refractivity contribution in [2.45, 2.75) is 57.9 Å². The number of hydrogen-bond donors (Lipinski definition) is 3. The number of nitrogens with zero attached hydrogens (tertiary/aromatic N) is 1. The molecule has 1 amide bonds. The summed E-state index contributed by atoms with van der Waals surface area (Å²) in [5.41, 5.74) is 0.464. The maximum absolute atomic E-state index is 12.6. The van der Waals surface area contributed by atoms with Crippen LogP contribution in [0.2, 0.25) is 0 Å². The number of rotatable bonds is 8. The van der Waals surface area contributed by atoms with Crippen LogP contribution in [0.1, 0.15) is 31.9 Å². The van der Waals surface area contributed by atoms with E-state index in [2.05, 4.69) is 15.9 Å². The molecule has 13 heteroatoms. The van der Waals surface area contributed by atoms with Gasteiger partial charge in [0.05, 0.1) is 16.7 Å². The van der Waals surface area contributed by atoms with Crippen molar-refractivity contribution in [2.24, 2.45) is 5.16 Å². The first-order chi connectivity index (χ1) is 18.0. The van der Waals surface area contributed by atoms with Crippen molar-refractivity contribution in [1.82, 2.24) is 5.48 Å². The highest BCUT2D eigenvalue weighted by Crippen LogP contribution is 2.37. The summed E-state index contributed by atoms with van der Waals surface area (Å²) in [4.78, 5) is 34.3. The molecule has 1 aromatic carbocycles. The number of fused-ring (bicyclic) bond motifs is 1. The van der Waals surface area contributed by atoms with Crippen LogP contribution in [-0.4, -0.2) is 73.0 Å². The Morgan fingerprint density at radius 1 is 1.32 bits per heavy atom. The predicted octanol–water partition coefficient (Wildman–Crippen LogP) is 1.73. The van der Waals surface area contributed by atoms with Crippen LogP contribution in [-0.2, 0) is 23.9 Å². The molecule has 1 saturated heterocycles. The number of carbonyl (C=O) groups is 1. The Morgan fingerprint density at radius 3 is 2.66 bits per heavy atom. The van der Waals surface area contributed by atoms with Gasteiger partial charge in [0.25, 0.3) is 0 Å². The van der Waals surface area contributed by atoms with Gasteiger partial charge in [-0.3, -0.25) is 4.84 Å². The number of benzene rings is 1. The Morgan fingerprint density at radius 2 is 2.03 bits per heavy atom. The molecule has 13 nitrogen and oxygen atoms in total. The molecule has 206 valence electrons. The fourth-order valence-electron chi connectivity index (χ4n) is 4.21. The molecule has 1 aliphatic rings. The summed E-state index contributed by atoms with van der Waals surface area (Å²) in [5, 5.41) is 25.7. The largest absolute Gasteiger partial charge is 0.506 e. The van der Waals surface area contributed by atoms with Crippen molar-refractivity contribution in [2.75, 3.05) is 20.8 Å². The standard InChI is InChI=1S/C25H30N2O11/c1-8-11-34-27-24(31)37-20-18(29)23(38-25(4,5)21(20)32-6)35-15-10-9-14-17(28)16(13(3)26-33-7)22(30)36-19(14)12(15)2/h1,9-10,18,20-21,23,28-29H,11H2,2-7H3,(H,27,31)/b26-13+. The number of aryl methyl sites for hydroxylation is 1. The molecule has 0 spiro atoms. The average Bonchev–Trinajstić information content (AvgIpc) is 2.84. The minimum atomic E-state index is -1.52. The van der Waals surface area contributed by atoms with E-state index in [1.165, 1.54) is 33.3 Å². The van der Waals surface area contributed by atoms with Crippen molar-refractivity contribution in [3.05, 3.63) is 33.7 Å². The van der Waals surface area contributed by atoms with Crippen LogP contribution in [0.15, 0.2) is 26.5 Å². The second kappa shape index (κ2) is 11.7. The Balaban J connectivity index is 1.94. The number of methoxy groups -OCH3 is 1. The lowest BCUT2D eigenvalue weighted by molar-refractivity contribution is -0.305. The first-order valence-electron chi connectivity index (χ1n) is 11.4. The van der Waals surface area contributed by atoms with Gasteiger partial charge in [-0.15, -0.1) is 6.42 Å². The molecule has 3 rings (SSSR count). The number of aliphatic hydroxyl groups excluding tert-OH is 1. The van der Waals surface area contributed by atoms with Crippen LogP contribution < -0.4 is 15.8 Å². The average molecular weight is 535 g/mol. The number of aliphatic hydroxyl groups is 1.